The Kier molecular flexibility index (Phi) is 5.10. The van der Waals surface area contributed by atoms with Gasteiger partial charge in [-0.1, -0.05) is 78.4 Å². The zero-order chi connectivity index (χ0) is 21.4. The summed E-state index contributed by atoms with van der Waals surface area (Å²) in [5.74, 6) is -3.82. The van der Waals surface area contributed by atoms with Crippen molar-refractivity contribution in [1.29, 1.82) is 0 Å². The number of carbonyl (C=O) groups excluding carboxylic acids is 1. The van der Waals surface area contributed by atoms with E-state index < -0.39 is 23.3 Å². The van der Waals surface area contributed by atoms with Crippen LogP contribution in [-0.4, -0.2) is 28.4 Å². The van der Waals surface area contributed by atoms with Gasteiger partial charge in [0.2, 0.25) is 5.60 Å². The molecular weight excluding hydrogens is 380 g/mol. The van der Waals surface area contributed by atoms with Gasteiger partial charge >= 0.3 is 5.97 Å². The summed E-state index contributed by atoms with van der Waals surface area (Å²) in [5.41, 5.74) is 0.136. The predicted molar refractivity (Wildman–Crippen MR) is 112 cm³/mol. The van der Waals surface area contributed by atoms with E-state index in [2.05, 4.69) is 0 Å². The van der Waals surface area contributed by atoms with E-state index in [0.29, 0.717) is 16.9 Å². The summed E-state index contributed by atoms with van der Waals surface area (Å²) in [6, 6.07) is 23.0. The van der Waals surface area contributed by atoms with E-state index >= 15 is 0 Å². The Morgan fingerprint density at radius 1 is 0.967 bits per heavy atom. The highest BCUT2D eigenvalue weighted by Gasteiger charge is 2.67. The van der Waals surface area contributed by atoms with Crippen LogP contribution in [0.15, 0.2) is 78.9 Å². The molecule has 0 radical (unpaired) electrons. The van der Waals surface area contributed by atoms with Gasteiger partial charge in [0.1, 0.15) is 5.75 Å². The van der Waals surface area contributed by atoms with Crippen LogP contribution in [0.5, 0.6) is 5.75 Å². The lowest BCUT2D eigenvalue weighted by Gasteiger charge is -2.49. The minimum atomic E-state index is -2.42. The highest BCUT2D eigenvalue weighted by molar-refractivity contribution is 5.85. The molecule has 0 saturated carbocycles. The molecule has 0 amide bonds. The molecule has 1 aliphatic heterocycles. The number of para-hydroxylation sites is 1. The van der Waals surface area contributed by atoms with Crippen LogP contribution < -0.4 is 4.74 Å². The first-order valence-electron chi connectivity index (χ1n) is 9.93. The van der Waals surface area contributed by atoms with E-state index in [0.717, 1.165) is 5.56 Å². The summed E-state index contributed by atoms with van der Waals surface area (Å²) in [4.78, 5) is 13.3. The first kappa shape index (κ1) is 20.1. The number of hydrogen-bond acceptors (Lipinski definition) is 5. The third-order valence-electron chi connectivity index (χ3n) is 5.58. The fourth-order valence-corrected chi connectivity index (χ4v) is 4.09. The SMILES string of the molecule is CCOC(=O)[C@]1(O)C(c2ccc(C)cc2)c2ccccc2O[C@@]1(O)c1ccccc1. The summed E-state index contributed by atoms with van der Waals surface area (Å²) in [5, 5.41) is 23.8. The number of benzene rings is 3. The lowest BCUT2D eigenvalue weighted by Crippen LogP contribution is -2.66. The van der Waals surface area contributed by atoms with Gasteiger partial charge in [-0.2, -0.15) is 0 Å². The van der Waals surface area contributed by atoms with Gasteiger partial charge in [0, 0.05) is 11.1 Å². The Labute approximate surface area is 175 Å². The first-order chi connectivity index (χ1) is 14.4. The number of ether oxygens (including phenoxy) is 2. The summed E-state index contributed by atoms with van der Waals surface area (Å²) < 4.78 is 11.2. The van der Waals surface area contributed by atoms with Crippen LogP contribution in [0, 0.1) is 6.92 Å². The third kappa shape index (κ3) is 2.98. The standard InChI is InChI=1S/C25H24O5/c1-3-29-23(26)24(27)22(18-15-13-17(2)14-16-18)20-11-7-8-12-21(20)30-25(24,28)19-9-5-4-6-10-19/h4-16,22,27-28H,3H2,1-2H3/t22?,24-,25+/m1/s1. The summed E-state index contributed by atoms with van der Waals surface area (Å²) in [6.45, 7) is 3.66. The summed E-state index contributed by atoms with van der Waals surface area (Å²) >= 11 is 0. The first-order valence-corrected chi connectivity index (χ1v) is 9.93. The Bertz CT molecular complexity index is 1050. The van der Waals surface area contributed by atoms with Gasteiger partial charge in [0.05, 0.1) is 12.5 Å². The molecule has 0 spiro atoms. The van der Waals surface area contributed by atoms with Crippen molar-refractivity contribution in [2.24, 2.45) is 0 Å². The Morgan fingerprint density at radius 3 is 2.27 bits per heavy atom. The number of hydrogen-bond donors (Lipinski definition) is 2. The molecule has 5 nitrogen and oxygen atoms in total. The highest BCUT2D eigenvalue weighted by atomic mass is 16.7. The van der Waals surface area contributed by atoms with Crippen molar-refractivity contribution in [1.82, 2.24) is 0 Å². The molecule has 0 aromatic heterocycles. The van der Waals surface area contributed by atoms with Gasteiger partial charge in [-0.05, 0) is 25.5 Å². The molecule has 0 aliphatic carbocycles. The molecular formula is C25H24O5. The molecule has 0 saturated heterocycles. The average molecular weight is 404 g/mol. The maximum Gasteiger partial charge on any atom is 0.346 e. The summed E-state index contributed by atoms with van der Waals surface area (Å²) in [6.07, 6.45) is 0. The number of fused-ring (bicyclic) bond motifs is 1. The molecule has 154 valence electrons. The van der Waals surface area contributed by atoms with Gasteiger partial charge < -0.3 is 19.7 Å². The van der Waals surface area contributed by atoms with Crippen molar-refractivity contribution in [2.75, 3.05) is 6.61 Å². The Hall–Kier alpha value is -3.15. The van der Waals surface area contributed by atoms with Crippen molar-refractivity contribution in [3.8, 4) is 5.75 Å². The van der Waals surface area contributed by atoms with Crippen LogP contribution in [0.2, 0.25) is 0 Å². The van der Waals surface area contributed by atoms with Gasteiger partial charge in [-0.15, -0.1) is 0 Å². The minimum Gasteiger partial charge on any atom is -0.464 e. The number of esters is 1. The van der Waals surface area contributed by atoms with Crippen LogP contribution in [0.25, 0.3) is 0 Å². The van der Waals surface area contributed by atoms with Crippen LogP contribution in [0.3, 0.4) is 0 Å². The Balaban J connectivity index is 2.03. The highest BCUT2D eigenvalue weighted by Crippen LogP contribution is 2.54. The number of aryl methyl sites for hydroxylation is 1. The molecule has 1 aliphatic rings. The third-order valence-corrected chi connectivity index (χ3v) is 5.58. The van der Waals surface area contributed by atoms with E-state index in [1.54, 1.807) is 55.5 Å². The fraction of sp³-hybridized carbons (Fsp3) is 0.240. The Morgan fingerprint density at radius 2 is 1.60 bits per heavy atom. The van der Waals surface area contributed by atoms with E-state index in [-0.39, 0.29) is 12.2 Å². The van der Waals surface area contributed by atoms with Gasteiger partial charge in [-0.25, -0.2) is 4.79 Å². The number of rotatable bonds is 4. The second-order valence-electron chi connectivity index (χ2n) is 7.48. The largest absolute Gasteiger partial charge is 0.464 e. The van der Waals surface area contributed by atoms with Crippen LogP contribution >= 0.6 is 0 Å². The van der Waals surface area contributed by atoms with Crippen molar-refractivity contribution in [3.05, 3.63) is 101 Å². The molecule has 2 N–H and O–H groups in total. The van der Waals surface area contributed by atoms with Gasteiger partial charge in [0.25, 0.3) is 5.79 Å². The molecule has 1 heterocycles. The van der Waals surface area contributed by atoms with Crippen molar-refractivity contribution < 1.29 is 24.5 Å². The molecule has 3 aromatic carbocycles. The van der Waals surface area contributed by atoms with Gasteiger partial charge in [-0.3, -0.25) is 0 Å². The molecule has 1 unspecified atom stereocenters. The number of aliphatic hydroxyl groups is 2. The van der Waals surface area contributed by atoms with Crippen LogP contribution in [-0.2, 0) is 15.3 Å². The smallest absolute Gasteiger partial charge is 0.346 e. The lowest BCUT2D eigenvalue weighted by atomic mass is 9.68. The molecule has 0 bridgehead atoms. The second-order valence-corrected chi connectivity index (χ2v) is 7.48. The fourth-order valence-electron chi connectivity index (χ4n) is 4.09. The van der Waals surface area contributed by atoms with E-state index in [1.165, 1.54) is 0 Å². The van der Waals surface area contributed by atoms with Crippen molar-refractivity contribution in [2.45, 2.75) is 31.2 Å². The van der Waals surface area contributed by atoms with Crippen molar-refractivity contribution >= 4 is 5.97 Å². The maximum absolute atomic E-state index is 13.3. The topological polar surface area (TPSA) is 76.0 Å². The minimum absolute atomic E-state index is 0.0499. The molecule has 0 fully saturated rings. The van der Waals surface area contributed by atoms with Crippen LogP contribution in [0.1, 0.15) is 35.1 Å². The van der Waals surface area contributed by atoms with E-state index in [4.69, 9.17) is 9.47 Å². The molecule has 3 aromatic rings. The molecule has 30 heavy (non-hydrogen) atoms. The summed E-state index contributed by atoms with van der Waals surface area (Å²) in [7, 11) is 0. The molecule has 3 atom stereocenters. The average Bonchev–Trinajstić information content (AvgIpc) is 2.76. The zero-order valence-corrected chi connectivity index (χ0v) is 16.9. The van der Waals surface area contributed by atoms with Crippen molar-refractivity contribution in [3.63, 3.8) is 0 Å². The predicted octanol–water partition coefficient (Wildman–Crippen LogP) is 3.66. The monoisotopic (exact) mass is 404 g/mol. The molecule has 5 heteroatoms. The van der Waals surface area contributed by atoms with Crippen LogP contribution in [0.4, 0.5) is 0 Å². The number of carbonyl (C=O) groups is 1. The van der Waals surface area contributed by atoms with E-state index in [9.17, 15) is 15.0 Å². The van der Waals surface area contributed by atoms with E-state index in [1.807, 2.05) is 37.3 Å². The molecule has 4 rings (SSSR count). The zero-order valence-electron chi connectivity index (χ0n) is 16.9. The normalized spacial score (nSPS) is 25.1. The maximum atomic E-state index is 13.3. The lowest BCUT2D eigenvalue weighted by molar-refractivity contribution is -0.280. The van der Waals surface area contributed by atoms with Gasteiger partial charge in [0.15, 0.2) is 0 Å². The second kappa shape index (κ2) is 7.59. The quantitative estimate of drug-likeness (QED) is 0.649.